The van der Waals surface area contributed by atoms with Crippen LogP contribution in [-0.2, 0) is 44.6 Å². The van der Waals surface area contributed by atoms with E-state index in [9.17, 15) is 29.4 Å². The molecule has 0 radical (unpaired) electrons. The lowest BCUT2D eigenvalue weighted by molar-refractivity contribution is -0.319. The molecule has 14 atom stereocenters. The number of aliphatic hydroxyl groups excluding tert-OH is 2. The number of aromatic nitrogens is 3. The molecule has 20 heteroatoms. The number of halogens is 1. The van der Waals surface area contributed by atoms with Crippen molar-refractivity contribution in [2.45, 2.75) is 153 Å². The summed E-state index contributed by atoms with van der Waals surface area (Å²) < 4.78 is 55.6. The number of amides is 1. The van der Waals surface area contributed by atoms with E-state index in [0.717, 1.165) is 12.5 Å². The highest BCUT2D eigenvalue weighted by molar-refractivity contribution is 6.07. The van der Waals surface area contributed by atoms with Crippen LogP contribution in [0.3, 0.4) is 0 Å². The van der Waals surface area contributed by atoms with Crippen LogP contribution in [0.4, 0.5) is 14.9 Å². The summed E-state index contributed by atoms with van der Waals surface area (Å²) in [6.45, 7) is 11.9. The van der Waals surface area contributed by atoms with Crippen molar-refractivity contribution in [3.05, 3.63) is 66.4 Å². The SMILES string of the molecule is CC[C@H]1OC(=O)[C@@](C)(F)C(=O)[C@H](C)[C@@H](O[C@@H]2OC(COC(=O)c3ccccc3)[C@@H](O)C(N(C)C)C2O)[C@](C)(OC)C[C@@H](C)CN[C@H](C)[C@H]2N(CCCCn3cc(-c4cccc(N)c4)nn3)C(=O)O[C@]12C. The molecule has 386 valence electrons. The van der Waals surface area contributed by atoms with Crippen molar-refractivity contribution in [1.29, 1.82) is 0 Å². The molecule has 70 heavy (non-hydrogen) atoms. The van der Waals surface area contributed by atoms with Crippen molar-refractivity contribution in [3.63, 3.8) is 0 Å². The number of nitrogens with zero attached hydrogens (tertiary/aromatic N) is 5. The number of carbonyl (C=O) groups is 4. The number of aliphatic hydroxyl groups is 2. The Kier molecular flexibility index (Phi) is 17.5. The number of alkyl halides is 1. The largest absolute Gasteiger partial charge is 0.459 e. The molecule has 3 aliphatic heterocycles. The average molecular weight is 982 g/mol. The smallest absolute Gasteiger partial charge is 0.410 e. The number of nitrogens with two attached hydrogens (primary N) is 1. The van der Waals surface area contributed by atoms with Crippen LogP contribution in [0.5, 0.6) is 0 Å². The molecule has 3 saturated heterocycles. The number of fused-ring (bicyclic) bond motifs is 1. The van der Waals surface area contributed by atoms with Gasteiger partial charge < -0.3 is 54.6 Å². The van der Waals surface area contributed by atoms with E-state index in [1.807, 2.05) is 38.2 Å². The number of nitrogen functional groups attached to an aromatic ring is 1. The minimum absolute atomic E-state index is 0.107. The molecule has 3 unspecified atom stereocenters. The molecule has 3 fully saturated rings. The standard InChI is InChI=1S/C50H72FN7O12/c1-11-37-50(7)41(58(47(64)70-50)23-16-15-22-57-27-35(54-55-57)33-20-17-21-34(52)24-33)31(4)53-26-29(2)25-48(5,65-10)43(30(3)42(61)49(6,51)46(63)68-37)69-45-40(60)38(56(8)9)39(59)36(67-45)28-66-44(62)32-18-13-12-14-19-32/h12-14,17-21,24,27,29-31,36-41,43,45,53,59-60H,11,15-16,22-23,25-26,28,52H2,1-10H3/t29-,30+,31-,36?,37-,38?,39-,40?,41-,43-,45+,48-,49+,50-/m1/s1. The van der Waals surface area contributed by atoms with E-state index in [1.54, 1.807) is 85.7 Å². The number of benzene rings is 2. The van der Waals surface area contributed by atoms with E-state index in [-0.39, 0.29) is 30.9 Å². The Bertz CT molecular complexity index is 2270. The summed E-state index contributed by atoms with van der Waals surface area (Å²) in [5.41, 5.74) is 2.20. The number of esters is 2. The predicted molar refractivity (Wildman–Crippen MR) is 255 cm³/mol. The van der Waals surface area contributed by atoms with Crippen molar-refractivity contribution in [2.75, 3.05) is 46.6 Å². The molecule has 1 aromatic heterocycles. The van der Waals surface area contributed by atoms with Gasteiger partial charge in [-0.05, 0) is 104 Å². The van der Waals surface area contributed by atoms with Crippen molar-refractivity contribution in [3.8, 4) is 11.3 Å². The van der Waals surface area contributed by atoms with Gasteiger partial charge in [-0.2, -0.15) is 0 Å². The van der Waals surface area contributed by atoms with E-state index in [1.165, 1.54) is 14.0 Å². The first-order valence-corrected chi connectivity index (χ1v) is 24.1. The summed E-state index contributed by atoms with van der Waals surface area (Å²) in [6, 6.07) is 13.4. The highest BCUT2D eigenvalue weighted by Crippen LogP contribution is 2.41. The number of nitrogens with one attached hydrogen (secondary N) is 1. The topological polar surface area (TPSA) is 239 Å². The van der Waals surface area contributed by atoms with Crippen LogP contribution in [0.15, 0.2) is 60.8 Å². The molecule has 3 aromatic rings. The van der Waals surface area contributed by atoms with Crippen molar-refractivity contribution in [2.24, 2.45) is 11.8 Å². The summed E-state index contributed by atoms with van der Waals surface area (Å²) in [5, 5.41) is 35.4. The van der Waals surface area contributed by atoms with Crippen LogP contribution in [0, 0.1) is 11.8 Å². The molecular weight excluding hydrogens is 910 g/mol. The summed E-state index contributed by atoms with van der Waals surface area (Å²) in [6.07, 6.45) is -5.60. The van der Waals surface area contributed by atoms with Gasteiger partial charge in [-0.15, -0.1) is 5.10 Å². The number of carbonyl (C=O) groups excluding carboxylic acids is 4. The number of unbranched alkanes of at least 4 members (excludes halogenated alkanes) is 1. The number of ether oxygens (including phenoxy) is 6. The fourth-order valence-corrected chi connectivity index (χ4v) is 10.4. The van der Waals surface area contributed by atoms with E-state index in [2.05, 4.69) is 15.6 Å². The van der Waals surface area contributed by atoms with Crippen molar-refractivity contribution in [1.82, 2.24) is 30.1 Å². The molecule has 0 aliphatic carbocycles. The van der Waals surface area contributed by atoms with Gasteiger partial charge in [0.1, 0.15) is 36.7 Å². The molecule has 1 amide bonds. The lowest BCUT2D eigenvalue weighted by Crippen LogP contribution is -2.65. The van der Waals surface area contributed by atoms with Crippen LogP contribution in [-0.4, -0.2) is 172 Å². The first kappa shape index (κ1) is 54.2. The van der Waals surface area contributed by atoms with Gasteiger partial charge in [-0.3, -0.25) is 14.4 Å². The summed E-state index contributed by atoms with van der Waals surface area (Å²) in [5.74, 6) is -5.03. The van der Waals surface area contributed by atoms with Gasteiger partial charge >= 0.3 is 18.0 Å². The first-order chi connectivity index (χ1) is 33.1. The second-order valence-corrected chi connectivity index (χ2v) is 19.9. The normalized spacial score (nSPS) is 34.6. The van der Waals surface area contributed by atoms with Crippen LogP contribution >= 0.6 is 0 Å². The Balaban J connectivity index is 1.25. The molecule has 5 N–H and O–H groups in total. The number of Topliss-reactive ketones (excluding diaryl/α,β-unsaturated/α-hetero) is 1. The summed E-state index contributed by atoms with van der Waals surface area (Å²) in [7, 11) is 4.69. The number of aryl methyl sites for hydroxylation is 1. The van der Waals surface area contributed by atoms with Crippen LogP contribution in [0.2, 0.25) is 0 Å². The predicted octanol–water partition coefficient (Wildman–Crippen LogP) is 4.18. The van der Waals surface area contributed by atoms with E-state index < -0.39 is 108 Å². The Labute approximate surface area is 409 Å². The van der Waals surface area contributed by atoms with Crippen LogP contribution < -0.4 is 11.1 Å². The zero-order chi connectivity index (χ0) is 51.3. The number of methoxy groups -OCH3 is 1. The minimum atomic E-state index is -3.26. The third-order valence-electron chi connectivity index (χ3n) is 14.2. The zero-order valence-corrected chi connectivity index (χ0v) is 41.9. The number of ketones is 1. The third-order valence-corrected chi connectivity index (χ3v) is 14.2. The van der Waals surface area contributed by atoms with Crippen molar-refractivity contribution >= 4 is 29.5 Å². The second kappa shape index (κ2) is 22.5. The molecular formula is C50H72FN7O12. The zero-order valence-electron chi connectivity index (χ0n) is 41.9. The Morgan fingerprint density at radius 3 is 2.37 bits per heavy atom. The maximum atomic E-state index is 17.2. The first-order valence-electron chi connectivity index (χ1n) is 24.1. The lowest BCUT2D eigenvalue weighted by Gasteiger charge is -2.48. The molecule has 0 bridgehead atoms. The number of cyclic esters (lactones) is 1. The third kappa shape index (κ3) is 11.6. The van der Waals surface area contributed by atoms with Crippen molar-refractivity contribution < 1.29 is 62.2 Å². The highest BCUT2D eigenvalue weighted by Gasteiger charge is 2.60. The van der Waals surface area contributed by atoms with Gasteiger partial charge in [-0.1, -0.05) is 56.3 Å². The van der Waals surface area contributed by atoms with Gasteiger partial charge in [0.15, 0.2) is 17.7 Å². The molecule has 19 nitrogen and oxygen atoms in total. The Morgan fingerprint density at radius 1 is 1.01 bits per heavy atom. The highest BCUT2D eigenvalue weighted by atomic mass is 19.1. The lowest BCUT2D eigenvalue weighted by atomic mass is 9.78. The van der Waals surface area contributed by atoms with Gasteiger partial charge in [0, 0.05) is 43.4 Å². The van der Waals surface area contributed by atoms with Crippen LogP contribution in [0.1, 0.15) is 84.5 Å². The van der Waals surface area contributed by atoms with Gasteiger partial charge in [-0.25, -0.2) is 18.8 Å². The molecule has 2 aromatic carbocycles. The molecule has 6 rings (SSSR count). The molecule has 0 saturated carbocycles. The van der Waals surface area contributed by atoms with E-state index in [4.69, 9.17) is 34.2 Å². The van der Waals surface area contributed by atoms with Gasteiger partial charge in [0.05, 0.1) is 35.5 Å². The number of likely N-dealkylation sites (N-methyl/N-ethyl adjacent to an activating group) is 1. The quantitative estimate of drug-likeness (QED) is 0.0583. The van der Waals surface area contributed by atoms with Gasteiger partial charge in [0.2, 0.25) is 0 Å². The Hall–Kier alpha value is -5.09. The molecule has 3 aliphatic rings. The minimum Gasteiger partial charge on any atom is -0.459 e. The average Bonchev–Trinajstić information content (AvgIpc) is 3.91. The molecule has 4 heterocycles. The maximum absolute atomic E-state index is 17.2. The fourth-order valence-electron chi connectivity index (χ4n) is 10.4. The fraction of sp³-hybridized carbons (Fsp3) is 0.640. The van der Waals surface area contributed by atoms with Crippen LogP contribution in [0.25, 0.3) is 11.3 Å². The number of hydrogen-bond donors (Lipinski definition) is 4. The monoisotopic (exact) mass is 982 g/mol. The number of hydrogen-bond acceptors (Lipinski definition) is 17. The Morgan fingerprint density at radius 2 is 1.71 bits per heavy atom. The van der Waals surface area contributed by atoms with Gasteiger partial charge in [0.25, 0.3) is 5.67 Å². The maximum Gasteiger partial charge on any atom is 0.410 e. The second-order valence-electron chi connectivity index (χ2n) is 19.9. The summed E-state index contributed by atoms with van der Waals surface area (Å²) >= 11 is 0. The summed E-state index contributed by atoms with van der Waals surface area (Å²) in [4.78, 5) is 58.8. The number of anilines is 1. The molecule has 0 spiro atoms. The number of rotatable bonds is 14. The van der Waals surface area contributed by atoms with E-state index >= 15 is 4.39 Å². The van der Waals surface area contributed by atoms with E-state index in [0.29, 0.717) is 37.3 Å².